The first-order chi connectivity index (χ1) is 5.68. The topological polar surface area (TPSA) is 29.1 Å². The van der Waals surface area contributed by atoms with Gasteiger partial charge in [-0.15, -0.1) is 0 Å². The molecule has 12 heavy (non-hydrogen) atoms. The Labute approximate surface area is 83.0 Å². The highest BCUT2D eigenvalue weighted by Crippen LogP contribution is 2.28. The molecule has 0 fully saturated rings. The van der Waals surface area contributed by atoms with Gasteiger partial charge in [0.1, 0.15) is 0 Å². The summed E-state index contributed by atoms with van der Waals surface area (Å²) in [5, 5.41) is 3.38. The number of fused-ring (bicyclic) bond motifs is 1. The van der Waals surface area contributed by atoms with Crippen LogP contribution in [-0.2, 0) is 6.54 Å². The van der Waals surface area contributed by atoms with Crippen LogP contribution in [-0.4, -0.2) is 5.91 Å². The number of hydrogen-bond donors (Lipinski definition) is 1. The van der Waals surface area contributed by atoms with Gasteiger partial charge in [0.05, 0.1) is 5.56 Å². The smallest absolute Gasteiger partial charge is 0.253 e. The Hall–Kier alpha value is -0.540. The fraction of sp³-hybridized carbons (Fsp3) is 0.125. The summed E-state index contributed by atoms with van der Waals surface area (Å²) in [6.07, 6.45) is 0. The average Bonchev–Trinajstić information content (AvgIpc) is 2.31. The molecule has 0 radical (unpaired) electrons. The van der Waals surface area contributed by atoms with Gasteiger partial charge in [0.2, 0.25) is 0 Å². The first-order valence-corrected chi connectivity index (χ1v) is 4.61. The van der Waals surface area contributed by atoms with E-state index in [1.54, 1.807) is 12.1 Å². The molecule has 1 aliphatic heterocycles. The molecule has 0 aliphatic carbocycles. The Morgan fingerprint density at radius 3 is 3.00 bits per heavy atom. The molecule has 4 heteroatoms. The lowest BCUT2D eigenvalue weighted by molar-refractivity contribution is 0.0965. The number of hydrogen-bond acceptors (Lipinski definition) is 1. The Bertz CT molecular complexity index is 364. The van der Waals surface area contributed by atoms with Gasteiger partial charge in [-0.1, -0.05) is 11.6 Å². The van der Waals surface area contributed by atoms with Crippen molar-refractivity contribution in [1.29, 1.82) is 0 Å². The summed E-state index contributed by atoms with van der Waals surface area (Å²) in [5.74, 6) is -0.0338. The lowest BCUT2D eigenvalue weighted by Crippen LogP contribution is -2.12. The minimum atomic E-state index is -0.0338. The zero-order valence-electron chi connectivity index (χ0n) is 6.03. The maximum atomic E-state index is 11.2. The van der Waals surface area contributed by atoms with Crippen LogP contribution in [0.2, 0.25) is 5.02 Å². The van der Waals surface area contributed by atoms with E-state index in [2.05, 4.69) is 21.2 Å². The van der Waals surface area contributed by atoms with Crippen LogP contribution >= 0.6 is 27.5 Å². The minimum Gasteiger partial charge on any atom is -0.348 e. The van der Waals surface area contributed by atoms with Crippen molar-refractivity contribution in [1.82, 2.24) is 5.32 Å². The number of carbonyl (C=O) groups excluding carboxylic acids is 1. The van der Waals surface area contributed by atoms with Gasteiger partial charge in [-0.05, 0) is 33.6 Å². The molecule has 0 bridgehead atoms. The van der Waals surface area contributed by atoms with Gasteiger partial charge in [-0.25, -0.2) is 0 Å². The Morgan fingerprint density at radius 2 is 2.25 bits per heavy atom. The molecular formula is C8H5BrClNO. The van der Waals surface area contributed by atoms with Crippen molar-refractivity contribution in [3.63, 3.8) is 0 Å². The molecule has 62 valence electrons. The van der Waals surface area contributed by atoms with E-state index in [9.17, 15) is 4.79 Å². The van der Waals surface area contributed by atoms with Gasteiger partial charge in [0.15, 0.2) is 0 Å². The van der Waals surface area contributed by atoms with E-state index in [1.165, 1.54) is 0 Å². The van der Waals surface area contributed by atoms with Crippen molar-refractivity contribution in [2.75, 3.05) is 0 Å². The highest BCUT2D eigenvalue weighted by molar-refractivity contribution is 9.10. The fourth-order valence-electron chi connectivity index (χ4n) is 1.28. The van der Waals surface area contributed by atoms with E-state index in [4.69, 9.17) is 11.6 Å². The van der Waals surface area contributed by atoms with Crippen LogP contribution in [0, 0.1) is 0 Å². The molecule has 2 rings (SSSR count). The Balaban J connectivity index is 2.68. The maximum Gasteiger partial charge on any atom is 0.253 e. The fourth-order valence-corrected chi connectivity index (χ4v) is 2.34. The summed E-state index contributed by atoms with van der Waals surface area (Å²) in [6.45, 7) is 0.577. The molecule has 1 aromatic carbocycles. The number of rotatable bonds is 0. The zero-order valence-corrected chi connectivity index (χ0v) is 8.37. The zero-order chi connectivity index (χ0) is 8.72. The molecule has 1 N–H and O–H groups in total. The Kier molecular flexibility index (Phi) is 1.85. The third-order valence-electron chi connectivity index (χ3n) is 1.80. The van der Waals surface area contributed by atoms with E-state index in [1.807, 2.05) is 0 Å². The first-order valence-electron chi connectivity index (χ1n) is 3.44. The molecule has 0 spiro atoms. The van der Waals surface area contributed by atoms with E-state index in [0.717, 1.165) is 10.0 Å². The summed E-state index contributed by atoms with van der Waals surface area (Å²) in [7, 11) is 0. The molecule has 0 unspecified atom stereocenters. The number of benzene rings is 1. The van der Waals surface area contributed by atoms with Gasteiger partial charge in [0.25, 0.3) is 5.91 Å². The van der Waals surface area contributed by atoms with Gasteiger partial charge >= 0.3 is 0 Å². The van der Waals surface area contributed by atoms with E-state index in [-0.39, 0.29) is 5.91 Å². The van der Waals surface area contributed by atoms with Crippen LogP contribution < -0.4 is 5.32 Å². The van der Waals surface area contributed by atoms with Crippen LogP contribution in [0.1, 0.15) is 15.9 Å². The van der Waals surface area contributed by atoms with E-state index < -0.39 is 0 Å². The van der Waals surface area contributed by atoms with Crippen molar-refractivity contribution in [3.8, 4) is 0 Å². The predicted octanol–water partition coefficient (Wildman–Crippen LogP) is 2.35. The second-order valence-corrected chi connectivity index (χ2v) is 3.90. The highest BCUT2D eigenvalue weighted by atomic mass is 79.9. The van der Waals surface area contributed by atoms with Gasteiger partial charge in [0, 0.05) is 16.0 Å². The van der Waals surface area contributed by atoms with Crippen LogP contribution in [0.5, 0.6) is 0 Å². The predicted molar refractivity (Wildman–Crippen MR) is 50.3 cm³/mol. The normalized spacial score (nSPS) is 14.3. The molecule has 0 saturated heterocycles. The number of halogens is 2. The molecule has 1 aromatic rings. The lowest BCUT2D eigenvalue weighted by atomic mass is 10.1. The minimum absolute atomic E-state index is 0.0338. The quantitative estimate of drug-likeness (QED) is 0.748. The van der Waals surface area contributed by atoms with Crippen molar-refractivity contribution in [2.24, 2.45) is 0 Å². The number of nitrogens with one attached hydrogen (secondary N) is 1. The van der Waals surface area contributed by atoms with Crippen molar-refractivity contribution in [2.45, 2.75) is 6.54 Å². The molecule has 1 heterocycles. The monoisotopic (exact) mass is 245 g/mol. The summed E-state index contributed by atoms with van der Waals surface area (Å²) in [6, 6.07) is 3.53. The molecule has 0 saturated carbocycles. The van der Waals surface area contributed by atoms with E-state index in [0.29, 0.717) is 17.1 Å². The second kappa shape index (κ2) is 2.75. The number of amides is 1. The Morgan fingerprint density at radius 1 is 1.50 bits per heavy atom. The van der Waals surface area contributed by atoms with Crippen molar-refractivity contribution in [3.05, 3.63) is 32.8 Å². The largest absolute Gasteiger partial charge is 0.348 e. The SMILES string of the molecule is O=C1NCc2cc(Cl)cc(Br)c21. The first kappa shape index (κ1) is 8.08. The van der Waals surface area contributed by atoms with Gasteiger partial charge < -0.3 is 5.32 Å². The van der Waals surface area contributed by atoms with Gasteiger partial charge in [-0.3, -0.25) is 4.79 Å². The number of carbonyl (C=O) groups is 1. The molecule has 2 nitrogen and oxygen atoms in total. The van der Waals surface area contributed by atoms with Crippen LogP contribution in [0.15, 0.2) is 16.6 Å². The molecule has 1 aliphatic rings. The molecule has 0 atom stereocenters. The van der Waals surface area contributed by atoms with Gasteiger partial charge in [-0.2, -0.15) is 0 Å². The second-order valence-electron chi connectivity index (χ2n) is 2.60. The summed E-state index contributed by atoms with van der Waals surface area (Å²) >= 11 is 9.10. The lowest BCUT2D eigenvalue weighted by Gasteiger charge is -1.99. The summed E-state index contributed by atoms with van der Waals surface area (Å²) in [5.41, 5.74) is 1.67. The van der Waals surface area contributed by atoms with Crippen LogP contribution in [0.3, 0.4) is 0 Å². The van der Waals surface area contributed by atoms with Crippen LogP contribution in [0.25, 0.3) is 0 Å². The molecule has 1 amide bonds. The standard InChI is InChI=1S/C8H5BrClNO/c9-6-2-5(10)1-4-3-11-8(12)7(4)6/h1-2H,3H2,(H,11,12). The maximum absolute atomic E-state index is 11.2. The summed E-state index contributed by atoms with van der Waals surface area (Å²) < 4.78 is 0.764. The van der Waals surface area contributed by atoms with Crippen molar-refractivity contribution >= 4 is 33.4 Å². The van der Waals surface area contributed by atoms with Crippen LogP contribution in [0.4, 0.5) is 0 Å². The van der Waals surface area contributed by atoms with E-state index >= 15 is 0 Å². The average molecular weight is 246 g/mol. The van der Waals surface area contributed by atoms with Crippen molar-refractivity contribution < 1.29 is 4.79 Å². The molecular weight excluding hydrogens is 241 g/mol. The third kappa shape index (κ3) is 1.13. The molecule has 0 aromatic heterocycles. The summed E-state index contributed by atoms with van der Waals surface area (Å²) in [4.78, 5) is 11.2. The highest BCUT2D eigenvalue weighted by Gasteiger charge is 2.21. The third-order valence-corrected chi connectivity index (χ3v) is 2.65.